The van der Waals surface area contributed by atoms with E-state index in [-0.39, 0.29) is 0 Å². The average molecular weight is 444 g/mol. The van der Waals surface area contributed by atoms with E-state index in [9.17, 15) is 0 Å². The maximum absolute atomic E-state index is 2.44. The third kappa shape index (κ3) is 2.53. The molecule has 1 aromatic heterocycles. The number of benzene rings is 6. The minimum absolute atomic E-state index is 1.19. The summed E-state index contributed by atoms with van der Waals surface area (Å²) in [4.78, 5) is 0. The van der Waals surface area contributed by atoms with Crippen molar-refractivity contribution in [1.29, 1.82) is 0 Å². The highest BCUT2D eigenvalue weighted by molar-refractivity contribution is 6.30. The molecule has 0 saturated carbocycles. The lowest BCUT2D eigenvalue weighted by molar-refractivity contribution is 1.18. The minimum atomic E-state index is 1.19. The molecule has 1 aliphatic carbocycles. The zero-order chi connectivity index (χ0) is 22.9. The second-order valence-corrected chi connectivity index (χ2v) is 9.36. The van der Waals surface area contributed by atoms with E-state index >= 15 is 0 Å². The molecule has 0 N–H and O–H groups in total. The van der Waals surface area contributed by atoms with Gasteiger partial charge in [0, 0.05) is 16.5 Å². The first-order chi connectivity index (χ1) is 17.4. The average Bonchev–Trinajstić information content (AvgIpc) is 3.21. The van der Waals surface area contributed by atoms with Crippen molar-refractivity contribution in [3.05, 3.63) is 127 Å². The standard InChI is InChI=1S/C34H21N/c1-2-8-22(9-3-1)23-16-19-25(20-17-23)35-30-15-7-14-29-27-12-5-4-11-26(27)28-13-6-10-24-18-21-31(35)34(32(24)28)33(29)30/h1-21H. The topological polar surface area (TPSA) is 4.93 Å². The van der Waals surface area contributed by atoms with Crippen molar-refractivity contribution in [2.24, 2.45) is 0 Å². The summed E-state index contributed by atoms with van der Waals surface area (Å²) in [6.07, 6.45) is 0. The SMILES string of the molecule is c1ccc(-c2ccc(-n3c4cccc5c4c4c6c(cccc6ccc43)-c3ccccc3-5)cc2)cc1. The molecule has 162 valence electrons. The smallest absolute Gasteiger partial charge is 0.0547 e. The molecule has 1 aliphatic rings. The van der Waals surface area contributed by atoms with Crippen LogP contribution in [0.5, 0.6) is 0 Å². The Morgan fingerprint density at radius 1 is 0.343 bits per heavy atom. The van der Waals surface area contributed by atoms with E-state index in [4.69, 9.17) is 0 Å². The summed E-state index contributed by atoms with van der Waals surface area (Å²) in [7, 11) is 0. The van der Waals surface area contributed by atoms with E-state index in [1.54, 1.807) is 0 Å². The molecule has 0 radical (unpaired) electrons. The van der Waals surface area contributed by atoms with Crippen molar-refractivity contribution < 1.29 is 0 Å². The van der Waals surface area contributed by atoms with Gasteiger partial charge in [-0.1, -0.05) is 103 Å². The summed E-state index contributed by atoms with van der Waals surface area (Å²) in [5.74, 6) is 0. The number of fused-ring (bicyclic) bond motifs is 3. The normalized spacial score (nSPS) is 12.0. The van der Waals surface area contributed by atoms with Crippen LogP contribution in [0.2, 0.25) is 0 Å². The van der Waals surface area contributed by atoms with E-state index < -0.39 is 0 Å². The number of aromatic nitrogens is 1. The largest absolute Gasteiger partial charge is 0.309 e. The lowest BCUT2D eigenvalue weighted by Crippen LogP contribution is -1.95. The van der Waals surface area contributed by atoms with E-state index in [1.807, 2.05) is 0 Å². The molecule has 8 rings (SSSR count). The van der Waals surface area contributed by atoms with Crippen molar-refractivity contribution in [3.8, 4) is 39.1 Å². The van der Waals surface area contributed by atoms with E-state index in [0.29, 0.717) is 0 Å². The summed E-state index contributed by atoms with van der Waals surface area (Å²) in [6.45, 7) is 0. The summed E-state index contributed by atoms with van der Waals surface area (Å²) in [5.41, 5.74) is 11.4. The van der Waals surface area contributed by atoms with E-state index in [2.05, 4.69) is 132 Å². The Kier molecular flexibility index (Phi) is 3.72. The number of hydrogen-bond donors (Lipinski definition) is 0. The van der Waals surface area contributed by atoms with Gasteiger partial charge in [-0.2, -0.15) is 0 Å². The van der Waals surface area contributed by atoms with Gasteiger partial charge in [0.1, 0.15) is 0 Å². The molecular weight excluding hydrogens is 422 g/mol. The van der Waals surface area contributed by atoms with E-state index in [0.717, 1.165) is 0 Å². The highest BCUT2D eigenvalue weighted by atomic mass is 15.0. The van der Waals surface area contributed by atoms with Crippen LogP contribution in [-0.4, -0.2) is 4.57 Å². The fraction of sp³-hybridized carbons (Fsp3) is 0. The Labute approximate surface area is 203 Å². The molecule has 1 nitrogen and oxygen atoms in total. The van der Waals surface area contributed by atoms with Crippen LogP contribution in [0, 0.1) is 0 Å². The Morgan fingerprint density at radius 2 is 0.943 bits per heavy atom. The van der Waals surface area contributed by atoms with Gasteiger partial charge in [-0.15, -0.1) is 0 Å². The van der Waals surface area contributed by atoms with Crippen molar-refractivity contribution >= 4 is 32.6 Å². The Hall–Kier alpha value is -4.62. The molecule has 6 aromatic carbocycles. The molecule has 1 heteroatoms. The van der Waals surface area contributed by atoms with Gasteiger partial charge >= 0.3 is 0 Å². The quantitative estimate of drug-likeness (QED) is 0.251. The predicted octanol–water partition coefficient (Wildman–Crippen LogP) is 9.25. The van der Waals surface area contributed by atoms with Crippen molar-refractivity contribution in [1.82, 2.24) is 4.57 Å². The fourth-order valence-electron chi connectivity index (χ4n) is 6.04. The van der Waals surface area contributed by atoms with Crippen LogP contribution in [-0.2, 0) is 0 Å². The van der Waals surface area contributed by atoms with Crippen LogP contribution in [0.25, 0.3) is 71.6 Å². The van der Waals surface area contributed by atoms with Crippen LogP contribution in [0.1, 0.15) is 0 Å². The van der Waals surface area contributed by atoms with Gasteiger partial charge in [-0.25, -0.2) is 0 Å². The van der Waals surface area contributed by atoms with Gasteiger partial charge in [0.25, 0.3) is 0 Å². The summed E-state index contributed by atoms with van der Waals surface area (Å²) in [6, 6.07) is 46.5. The van der Waals surface area contributed by atoms with Crippen LogP contribution in [0.4, 0.5) is 0 Å². The zero-order valence-corrected chi connectivity index (χ0v) is 19.1. The first-order valence-corrected chi connectivity index (χ1v) is 12.1. The number of hydrogen-bond acceptors (Lipinski definition) is 0. The van der Waals surface area contributed by atoms with Crippen LogP contribution in [0.3, 0.4) is 0 Å². The molecule has 0 bridgehead atoms. The molecule has 1 heterocycles. The maximum atomic E-state index is 2.44. The molecule has 0 aliphatic heterocycles. The van der Waals surface area contributed by atoms with Crippen LogP contribution in [0.15, 0.2) is 127 Å². The molecule has 0 fully saturated rings. The first-order valence-electron chi connectivity index (χ1n) is 12.1. The molecule has 0 spiro atoms. The molecular formula is C34H21N. The van der Waals surface area contributed by atoms with Crippen molar-refractivity contribution in [2.45, 2.75) is 0 Å². The van der Waals surface area contributed by atoms with Crippen molar-refractivity contribution in [3.63, 3.8) is 0 Å². The Bertz CT molecular complexity index is 1920. The molecule has 0 amide bonds. The summed E-state index contributed by atoms with van der Waals surface area (Å²) < 4.78 is 2.44. The lowest BCUT2D eigenvalue weighted by atomic mass is 9.93. The Morgan fingerprint density at radius 3 is 1.71 bits per heavy atom. The molecule has 0 atom stereocenters. The van der Waals surface area contributed by atoms with Crippen molar-refractivity contribution in [2.75, 3.05) is 0 Å². The second-order valence-electron chi connectivity index (χ2n) is 9.36. The van der Waals surface area contributed by atoms with E-state index in [1.165, 1.54) is 71.6 Å². The third-order valence-corrected chi connectivity index (χ3v) is 7.54. The minimum Gasteiger partial charge on any atom is -0.309 e. The summed E-state index contributed by atoms with van der Waals surface area (Å²) in [5, 5.41) is 5.34. The van der Waals surface area contributed by atoms with Crippen LogP contribution >= 0.6 is 0 Å². The zero-order valence-electron chi connectivity index (χ0n) is 19.1. The Balaban J connectivity index is 1.50. The molecule has 35 heavy (non-hydrogen) atoms. The maximum Gasteiger partial charge on any atom is 0.0547 e. The molecule has 0 unspecified atom stereocenters. The van der Waals surface area contributed by atoms with Gasteiger partial charge < -0.3 is 4.57 Å². The van der Waals surface area contributed by atoms with Gasteiger partial charge in [0.15, 0.2) is 0 Å². The lowest BCUT2D eigenvalue weighted by Gasteiger charge is -2.14. The first kappa shape index (κ1) is 18.8. The number of rotatable bonds is 2. The third-order valence-electron chi connectivity index (χ3n) is 7.54. The van der Waals surface area contributed by atoms with Gasteiger partial charge in [-0.05, 0) is 68.4 Å². The van der Waals surface area contributed by atoms with Gasteiger partial charge in [0.2, 0.25) is 0 Å². The van der Waals surface area contributed by atoms with Gasteiger partial charge in [-0.3, -0.25) is 0 Å². The number of nitrogens with zero attached hydrogens (tertiary/aromatic N) is 1. The molecule has 7 aromatic rings. The van der Waals surface area contributed by atoms with Crippen LogP contribution < -0.4 is 0 Å². The molecule has 0 saturated heterocycles. The van der Waals surface area contributed by atoms with Gasteiger partial charge in [0.05, 0.1) is 11.0 Å². The highest BCUT2D eigenvalue weighted by Gasteiger charge is 2.24. The summed E-state index contributed by atoms with van der Waals surface area (Å²) >= 11 is 0. The predicted molar refractivity (Wildman–Crippen MR) is 148 cm³/mol. The monoisotopic (exact) mass is 443 g/mol. The highest BCUT2D eigenvalue weighted by Crippen LogP contribution is 2.49. The second kappa shape index (κ2) is 6.94. The fourth-order valence-corrected chi connectivity index (χ4v) is 6.04.